The van der Waals surface area contributed by atoms with E-state index in [1.54, 1.807) is 13.1 Å². The molecule has 3 atom stereocenters. The van der Waals surface area contributed by atoms with Crippen LogP contribution in [0.5, 0.6) is 0 Å². The fourth-order valence-corrected chi connectivity index (χ4v) is 4.86. The van der Waals surface area contributed by atoms with Crippen LogP contribution in [0.25, 0.3) is 11.0 Å². The average Bonchev–Trinajstić information content (AvgIpc) is 3.64. The number of nitrogens with zero attached hydrogens (tertiary/aromatic N) is 7. The molecule has 0 spiro atoms. The number of fused-ring (bicyclic) bond motifs is 1. The van der Waals surface area contributed by atoms with Gasteiger partial charge in [-0.1, -0.05) is 6.07 Å². The molecule has 0 radical (unpaired) electrons. The zero-order valence-corrected chi connectivity index (χ0v) is 19.7. The molecule has 6 rings (SSSR count). The van der Waals surface area contributed by atoms with Crippen LogP contribution >= 0.6 is 0 Å². The van der Waals surface area contributed by atoms with Crippen molar-refractivity contribution >= 4 is 11.0 Å². The molecule has 9 nitrogen and oxygen atoms in total. The minimum atomic E-state index is -4.56. The van der Waals surface area contributed by atoms with Gasteiger partial charge < -0.3 is 4.98 Å². The summed E-state index contributed by atoms with van der Waals surface area (Å²) in [5.74, 6) is 1.58. The number of hydrogen-bond acceptors (Lipinski definition) is 7. The van der Waals surface area contributed by atoms with Gasteiger partial charge in [-0.2, -0.15) is 23.5 Å². The summed E-state index contributed by atoms with van der Waals surface area (Å²) in [5.41, 5.74) is 0.0698. The van der Waals surface area contributed by atoms with Gasteiger partial charge >= 0.3 is 6.18 Å². The number of halogens is 3. The molecule has 4 aromatic heterocycles. The first-order valence-electron chi connectivity index (χ1n) is 12.0. The molecule has 4 heterocycles. The fourth-order valence-electron chi connectivity index (χ4n) is 4.86. The smallest absolute Gasteiger partial charge is 0.310 e. The molecule has 0 aliphatic heterocycles. The van der Waals surface area contributed by atoms with Crippen LogP contribution < -0.4 is 5.56 Å². The SMILES string of the molecule is C[C@@H](c1ccc(C(F)(F)F)nc1)n1nc(C#N)c2c(=O)[nH]c([C@H]3CC[C@@H]3c3nccc(C4CC4)n3)nc21. The molecular weight excluding hydrogens is 485 g/mol. The summed E-state index contributed by atoms with van der Waals surface area (Å²) in [6.07, 6.45) is 2.25. The van der Waals surface area contributed by atoms with Crippen molar-refractivity contribution in [2.45, 2.75) is 62.6 Å². The summed E-state index contributed by atoms with van der Waals surface area (Å²) in [7, 11) is 0. The van der Waals surface area contributed by atoms with Gasteiger partial charge in [-0.25, -0.2) is 19.6 Å². The van der Waals surface area contributed by atoms with Crippen LogP contribution in [-0.2, 0) is 6.18 Å². The summed E-state index contributed by atoms with van der Waals surface area (Å²) in [6, 6.07) is 5.44. The molecule has 2 aliphatic carbocycles. The minimum absolute atomic E-state index is 0.00245. The van der Waals surface area contributed by atoms with Crippen LogP contribution in [0.3, 0.4) is 0 Å². The molecule has 2 aliphatic rings. The molecule has 37 heavy (non-hydrogen) atoms. The van der Waals surface area contributed by atoms with E-state index in [-0.39, 0.29) is 28.6 Å². The Morgan fingerprint density at radius 3 is 2.51 bits per heavy atom. The van der Waals surface area contributed by atoms with Crippen LogP contribution in [0.15, 0.2) is 35.4 Å². The van der Waals surface area contributed by atoms with E-state index in [0.717, 1.165) is 49.5 Å². The maximum absolute atomic E-state index is 13.1. The Hall–Kier alpha value is -4.14. The van der Waals surface area contributed by atoms with Gasteiger partial charge in [-0.15, -0.1) is 0 Å². The molecule has 0 unspecified atom stereocenters. The van der Waals surface area contributed by atoms with E-state index in [1.165, 1.54) is 10.7 Å². The monoisotopic (exact) mass is 506 g/mol. The number of aromatic nitrogens is 7. The summed E-state index contributed by atoms with van der Waals surface area (Å²) in [5, 5.41) is 13.9. The summed E-state index contributed by atoms with van der Waals surface area (Å²) in [6.45, 7) is 1.70. The molecular formula is C25H21F3N8O. The third-order valence-electron chi connectivity index (χ3n) is 7.26. The highest BCUT2D eigenvalue weighted by atomic mass is 19.4. The Balaban J connectivity index is 1.38. The first-order valence-corrected chi connectivity index (χ1v) is 12.0. The number of alkyl halides is 3. The Morgan fingerprint density at radius 2 is 1.89 bits per heavy atom. The van der Waals surface area contributed by atoms with E-state index in [0.29, 0.717) is 17.3 Å². The first kappa shape index (κ1) is 23.3. The van der Waals surface area contributed by atoms with Crippen molar-refractivity contribution in [1.82, 2.24) is 34.7 Å². The number of H-pyrrole nitrogens is 1. The predicted octanol–water partition coefficient (Wildman–Crippen LogP) is 4.34. The lowest BCUT2D eigenvalue weighted by atomic mass is 9.72. The Kier molecular flexibility index (Phi) is 5.33. The van der Waals surface area contributed by atoms with Gasteiger partial charge in [0.2, 0.25) is 0 Å². The maximum atomic E-state index is 13.1. The maximum Gasteiger partial charge on any atom is 0.433 e. The van der Waals surface area contributed by atoms with Crippen LogP contribution in [0.2, 0.25) is 0 Å². The lowest BCUT2D eigenvalue weighted by Gasteiger charge is -2.34. The standard InChI is InChI=1S/C25H21F3N8O/c1-12(14-4-7-19(31-11-14)25(26,27)28)36-23-20(18(10-29)35-36)24(37)34-22(33-23)16-6-5-15(16)21-30-9-8-17(32-21)13-2-3-13/h4,7-9,11-13,15-16H,2-3,5-6H2,1H3,(H,33,34,37)/t12-,15-,16-/m0/s1. The van der Waals surface area contributed by atoms with E-state index in [4.69, 9.17) is 9.97 Å². The topological polar surface area (TPSA) is 126 Å². The molecule has 0 aromatic carbocycles. The lowest BCUT2D eigenvalue weighted by molar-refractivity contribution is -0.141. The minimum Gasteiger partial charge on any atom is -0.310 e. The van der Waals surface area contributed by atoms with E-state index in [9.17, 15) is 23.2 Å². The molecule has 2 saturated carbocycles. The van der Waals surface area contributed by atoms with Gasteiger partial charge in [-0.3, -0.25) is 9.78 Å². The van der Waals surface area contributed by atoms with Crippen molar-refractivity contribution in [1.29, 1.82) is 5.26 Å². The van der Waals surface area contributed by atoms with Crippen molar-refractivity contribution in [3.63, 3.8) is 0 Å². The summed E-state index contributed by atoms with van der Waals surface area (Å²) in [4.78, 5) is 33.4. The zero-order valence-electron chi connectivity index (χ0n) is 19.7. The highest BCUT2D eigenvalue weighted by molar-refractivity contribution is 5.80. The van der Waals surface area contributed by atoms with Crippen molar-refractivity contribution < 1.29 is 13.2 Å². The van der Waals surface area contributed by atoms with Crippen molar-refractivity contribution in [2.75, 3.05) is 0 Å². The molecule has 12 heteroatoms. The number of aromatic amines is 1. The van der Waals surface area contributed by atoms with Gasteiger partial charge in [0, 0.05) is 35.8 Å². The Bertz CT molecular complexity index is 1600. The third-order valence-corrected chi connectivity index (χ3v) is 7.26. The van der Waals surface area contributed by atoms with Crippen molar-refractivity contribution in [3.05, 3.63) is 75.2 Å². The van der Waals surface area contributed by atoms with Crippen LogP contribution in [0.1, 0.15) is 90.7 Å². The number of hydrogen-bond donors (Lipinski definition) is 1. The highest BCUT2D eigenvalue weighted by Crippen LogP contribution is 2.47. The molecule has 4 aromatic rings. The molecule has 0 saturated heterocycles. The van der Waals surface area contributed by atoms with E-state index < -0.39 is 23.5 Å². The van der Waals surface area contributed by atoms with Gasteiger partial charge in [-0.05, 0) is 50.3 Å². The molecule has 0 bridgehead atoms. The number of pyridine rings is 1. The van der Waals surface area contributed by atoms with Crippen LogP contribution in [0, 0.1) is 11.3 Å². The Labute approximate surface area is 208 Å². The van der Waals surface area contributed by atoms with E-state index in [1.807, 2.05) is 12.1 Å². The number of rotatable bonds is 5. The number of nitriles is 1. The zero-order chi connectivity index (χ0) is 25.9. The van der Waals surface area contributed by atoms with Gasteiger partial charge in [0.05, 0.1) is 6.04 Å². The van der Waals surface area contributed by atoms with Gasteiger partial charge in [0.1, 0.15) is 28.8 Å². The third kappa shape index (κ3) is 4.04. The first-order chi connectivity index (χ1) is 17.7. The van der Waals surface area contributed by atoms with E-state index >= 15 is 0 Å². The van der Waals surface area contributed by atoms with Crippen LogP contribution in [-0.4, -0.2) is 34.7 Å². The molecule has 0 amide bonds. The molecule has 2 fully saturated rings. The fraction of sp³-hybridized carbons (Fsp3) is 0.400. The number of nitrogens with one attached hydrogen (secondary N) is 1. The summed E-state index contributed by atoms with van der Waals surface area (Å²) < 4.78 is 40.2. The van der Waals surface area contributed by atoms with Gasteiger partial charge in [0.15, 0.2) is 11.3 Å². The second-order valence-corrected chi connectivity index (χ2v) is 9.61. The largest absolute Gasteiger partial charge is 0.433 e. The molecule has 188 valence electrons. The highest BCUT2D eigenvalue weighted by Gasteiger charge is 2.39. The Morgan fingerprint density at radius 1 is 1.11 bits per heavy atom. The predicted molar refractivity (Wildman–Crippen MR) is 125 cm³/mol. The van der Waals surface area contributed by atoms with Crippen molar-refractivity contribution in [3.8, 4) is 6.07 Å². The second kappa shape index (κ2) is 8.47. The normalized spacial score (nSPS) is 20.4. The molecule has 1 N–H and O–H groups in total. The summed E-state index contributed by atoms with van der Waals surface area (Å²) >= 11 is 0. The average molecular weight is 506 g/mol. The lowest BCUT2D eigenvalue weighted by Crippen LogP contribution is -2.28. The van der Waals surface area contributed by atoms with E-state index in [2.05, 4.69) is 20.1 Å². The van der Waals surface area contributed by atoms with Gasteiger partial charge in [0.25, 0.3) is 5.56 Å². The van der Waals surface area contributed by atoms with Crippen molar-refractivity contribution in [2.24, 2.45) is 0 Å². The quantitative estimate of drug-likeness (QED) is 0.427. The second-order valence-electron chi connectivity index (χ2n) is 9.61. The van der Waals surface area contributed by atoms with Crippen LogP contribution in [0.4, 0.5) is 13.2 Å².